The zero-order valence-corrected chi connectivity index (χ0v) is 12.9. The van der Waals surface area contributed by atoms with E-state index < -0.39 is 5.60 Å². The van der Waals surface area contributed by atoms with Gasteiger partial charge in [-0.3, -0.25) is 4.79 Å². The number of ether oxygens (including phenoxy) is 1. The molecule has 0 saturated heterocycles. The second kappa shape index (κ2) is 6.23. The molecule has 4 heteroatoms. The molecule has 0 unspecified atom stereocenters. The molecular formula is C14H20BrNO2. The zero-order chi connectivity index (χ0) is 13.8. The van der Waals surface area contributed by atoms with Crippen LogP contribution in [0.1, 0.15) is 32.8 Å². The molecule has 0 radical (unpaired) electrons. The van der Waals surface area contributed by atoms with Crippen LogP contribution in [0.25, 0.3) is 0 Å². The predicted molar refractivity (Wildman–Crippen MR) is 77.8 cm³/mol. The number of rotatable bonds is 4. The number of benzene rings is 1. The van der Waals surface area contributed by atoms with Gasteiger partial charge in [-0.1, -0.05) is 6.07 Å². The lowest BCUT2D eigenvalue weighted by Gasteiger charge is -2.19. The summed E-state index contributed by atoms with van der Waals surface area (Å²) >= 11 is 3.47. The Kier molecular flexibility index (Phi) is 5.20. The molecule has 0 spiro atoms. The normalized spacial score (nSPS) is 11.2. The molecule has 3 nitrogen and oxygen atoms in total. The minimum Gasteiger partial charge on any atom is -0.460 e. The summed E-state index contributed by atoms with van der Waals surface area (Å²) < 4.78 is 6.24. The van der Waals surface area contributed by atoms with Crippen molar-refractivity contribution in [3.8, 4) is 0 Å². The van der Waals surface area contributed by atoms with Crippen molar-refractivity contribution in [2.45, 2.75) is 39.7 Å². The van der Waals surface area contributed by atoms with Crippen molar-refractivity contribution in [3.05, 3.63) is 28.2 Å². The van der Waals surface area contributed by atoms with Gasteiger partial charge in [-0.15, -0.1) is 0 Å². The average molecular weight is 314 g/mol. The predicted octanol–water partition coefficient (Wildman–Crippen LogP) is 3.90. The highest BCUT2D eigenvalue weighted by molar-refractivity contribution is 9.10. The SMILES string of the molecule is Cc1ccc(Br)c(NCCC(=O)OC(C)(C)C)c1. The van der Waals surface area contributed by atoms with Crippen LogP contribution >= 0.6 is 15.9 Å². The number of nitrogens with one attached hydrogen (secondary N) is 1. The van der Waals surface area contributed by atoms with E-state index in [9.17, 15) is 4.79 Å². The first-order valence-electron chi connectivity index (χ1n) is 6.00. The molecule has 0 aliphatic heterocycles. The number of anilines is 1. The van der Waals surface area contributed by atoms with E-state index in [2.05, 4.69) is 21.2 Å². The van der Waals surface area contributed by atoms with Crippen molar-refractivity contribution in [3.63, 3.8) is 0 Å². The van der Waals surface area contributed by atoms with Gasteiger partial charge in [-0.25, -0.2) is 0 Å². The zero-order valence-electron chi connectivity index (χ0n) is 11.3. The molecule has 18 heavy (non-hydrogen) atoms. The van der Waals surface area contributed by atoms with Gasteiger partial charge in [-0.05, 0) is 61.3 Å². The monoisotopic (exact) mass is 313 g/mol. The minimum absolute atomic E-state index is 0.182. The molecule has 0 heterocycles. The molecule has 0 fully saturated rings. The molecule has 0 aliphatic rings. The average Bonchev–Trinajstić information content (AvgIpc) is 2.20. The fourth-order valence-electron chi connectivity index (χ4n) is 1.47. The number of esters is 1. The fraction of sp³-hybridized carbons (Fsp3) is 0.500. The van der Waals surface area contributed by atoms with Crippen LogP contribution in [-0.2, 0) is 9.53 Å². The summed E-state index contributed by atoms with van der Waals surface area (Å²) in [7, 11) is 0. The van der Waals surface area contributed by atoms with Crippen molar-refractivity contribution in [1.82, 2.24) is 0 Å². The lowest BCUT2D eigenvalue weighted by Crippen LogP contribution is -2.25. The Morgan fingerprint density at radius 3 is 2.67 bits per heavy atom. The molecule has 0 aromatic heterocycles. The second-order valence-electron chi connectivity index (χ2n) is 5.25. The van der Waals surface area contributed by atoms with E-state index in [0.29, 0.717) is 13.0 Å². The third kappa shape index (κ3) is 5.54. The van der Waals surface area contributed by atoms with E-state index >= 15 is 0 Å². The Bertz CT molecular complexity index is 424. The Morgan fingerprint density at radius 2 is 2.06 bits per heavy atom. The van der Waals surface area contributed by atoms with Gasteiger partial charge in [0, 0.05) is 16.7 Å². The van der Waals surface area contributed by atoms with Gasteiger partial charge in [0.1, 0.15) is 5.60 Å². The van der Waals surface area contributed by atoms with Crippen molar-refractivity contribution in [2.75, 3.05) is 11.9 Å². The molecule has 0 amide bonds. The first-order chi connectivity index (χ1) is 8.28. The van der Waals surface area contributed by atoms with Gasteiger partial charge in [0.15, 0.2) is 0 Å². The van der Waals surface area contributed by atoms with Crippen LogP contribution < -0.4 is 5.32 Å². The topological polar surface area (TPSA) is 38.3 Å². The molecule has 1 N–H and O–H groups in total. The van der Waals surface area contributed by atoms with Crippen LogP contribution in [0.3, 0.4) is 0 Å². The van der Waals surface area contributed by atoms with Gasteiger partial charge in [0.25, 0.3) is 0 Å². The molecule has 0 aliphatic carbocycles. The first-order valence-corrected chi connectivity index (χ1v) is 6.79. The molecule has 1 rings (SSSR count). The van der Waals surface area contributed by atoms with Gasteiger partial charge in [-0.2, -0.15) is 0 Å². The van der Waals surface area contributed by atoms with Gasteiger partial charge in [0.05, 0.1) is 6.42 Å². The standard InChI is InChI=1S/C14H20BrNO2/c1-10-5-6-11(15)12(9-10)16-8-7-13(17)18-14(2,3)4/h5-6,9,16H,7-8H2,1-4H3. The molecule has 0 bridgehead atoms. The highest BCUT2D eigenvalue weighted by atomic mass is 79.9. The minimum atomic E-state index is -0.416. The van der Waals surface area contributed by atoms with Crippen LogP contribution in [-0.4, -0.2) is 18.1 Å². The van der Waals surface area contributed by atoms with Gasteiger partial charge in [0.2, 0.25) is 0 Å². The van der Waals surface area contributed by atoms with Gasteiger partial charge < -0.3 is 10.1 Å². The van der Waals surface area contributed by atoms with Crippen LogP contribution in [0.15, 0.2) is 22.7 Å². The lowest BCUT2D eigenvalue weighted by molar-refractivity contribution is -0.154. The lowest BCUT2D eigenvalue weighted by atomic mass is 10.2. The van der Waals surface area contributed by atoms with Crippen molar-refractivity contribution >= 4 is 27.6 Å². The van der Waals surface area contributed by atoms with E-state index in [1.54, 1.807) is 0 Å². The Morgan fingerprint density at radius 1 is 1.39 bits per heavy atom. The fourth-order valence-corrected chi connectivity index (χ4v) is 1.85. The first kappa shape index (κ1) is 15.0. The Labute approximate surface area is 117 Å². The van der Waals surface area contributed by atoms with Crippen molar-refractivity contribution < 1.29 is 9.53 Å². The molecule has 1 aromatic rings. The molecular weight excluding hydrogens is 294 g/mol. The summed E-state index contributed by atoms with van der Waals surface area (Å²) in [6.07, 6.45) is 0.359. The van der Waals surface area contributed by atoms with Crippen LogP contribution in [0.4, 0.5) is 5.69 Å². The number of halogens is 1. The van der Waals surface area contributed by atoms with E-state index in [1.807, 2.05) is 45.9 Å². The number of hydrogen-bond acceptors (Lipinski definition) is 3. The maximum absolute atomic E-state index is 11.5. The number of aryl methyl sites for hydroxylation is 1. The smallest absolute Gasteiger partial charge is 0.308 e. The summed E-state index contributed by atoms with van der Waals surface area (Å²) in [4.78, 5) is 11.5. The summed E-state index contributed by atoms with van der Waals surface area (Å²) in [5.74, 6) is -0.182. The summed E-state index contributed by atoms with van der Waals surface area (Å²) in [5.41, 5.74) is 1.76. The molecule has 100 valence electrons. The number of carbonyl (C=O) groups is 1. The second-order valence-corrected chi connectivity index (χ2v) is 6.10. The maximum Gasteiger partial charge on any atom is 0.308 e. The van der Waals surface area contributed by atoms with E-state index in [4.69, 9.17) is 4.74 Å². The van der Waals surface area contributed by atoms with Crippen LogP contribution in [0.5, 0.6) is 0 Å². The van der Waals surface area contributed by atoms with Crippen molar-refractivity contribution in [1.29, 1.82) is 0 Å². The molecule has 0 atom stereocenters. The Hall–Kier alpha value is -1.03. The third-order valence-corrected chi connectivity index (χ3v) is 2.88. The Balaban J connectivity index is 2.42. The number of carbonyl (C=O) groups excluding carboxylic acids is 1. The molecule has 1 aromatic carbocycles. The van der Waals surface area contributed by atoms with Crippen LogP contribution in [0.2, 0.25) is 0 Å². The van der Waals surface area contributed by atoms with E-state index in [1.165, 1.54) is 5.56 Å². The highest BCUT2D eigenvalue weighted by Gasteiger charge is 2.15. The van der Waals surface area contributed by atoms with Gasteiger partial charge >= 0.3 is 5.97 Å². The van der Waals surface area contributed by atoms with E-state index in [-0.39, 0.29) is 5.97 Å². The quantitative estimate of drug-likeness (QED) is 0.857. The summed E-state index contributed by atoms with van der Waals surface area (Å²) in [6, 6.07) is 6.06. The maximum atomic E-state index is 11.5. The highest BCUT2D eigenvalue weighted by Crippen LogP contribution is 2.23. The largest absolute Gasteiger partial charge is 0.460 e. The number of hydrogen-bond donors (Lipinski definition) is 1. The van der Waals surface area contributed by atoms with Crippen molar-refractivity contribution in [2.24, 2.45) is 0 Å². The third-order valence-electron chi connectivity index (χ3n) is 2.19. The molecule has 0 saturated carbocycles. The van der Waals surface area contributed by atoms with E-state index in [0.717, 1.165) is 10.2 Å². The van der Waals surface area contributed by atoms with Crippen LogP contribution in [0, 0.1) is 6.92 Å². The summed E-state index contributed by atoms with van der Waals surface area (Å²) in [6.45, 7) is 8.21. The summed E-state index contributed by atoms with van der Waals surface area (Å²) in [5, 5.41) is 3.22.